The summed E-state index contributed by atoms with van der Waals surface area (Å²) in [5.41, 5.74) is 1.53. The predicted octanol–water partition coefficient (Wildman–Crippen LogP) is 3.53. The second-order valence-corrected chi connectivity index (χ2v) is 7.98. The van der Waals surface area contributed by atoms with E-state index in [0.29, 0.717) is 38.8 Å². The smallest absolute Gasteiger partial charge is 0.235 e. The third-order valence-corrected chi connectivity index (χ3v) is 5.80. The van der Waals surface area contributed by atoms with Crippen molar-refractivity contribution in [1.29, 1.82) is 0 Å². The quantitative estimate of drug-likeness (QED) is 0.559. The molecule has 0 saturated carbocycles. The van der Waals surface area contributed by atoms with Crippen molar-refractivity contribution in [2.24, 2.45) is 11.8 Å². The molecule has 32 heavy (non-hydrogen) atoms. The number of nitrogens with zero attached hydrogens (tertiary/aromatic N) is 2. The number of hydrogen-bond donors (Lipinski definition) is 2. The van der Waals surface area contributed by atoms with Gasteiger partial charge in [0.05, 0.1) is 11.8 Å². The first-order chi connectivity index (χ1) is 15.7. The molecule has 170 valence electrons. The van der Waals surface area contributed by atoms with E-state index in [-0.39, 0.29) is 25.0 Å². The number of anilines is 2. The summed E-state index contributed by atoms with van der Waals surface area (Å²) in [5, 5.41) is 18.5. The summed E-state index contributed by atoms with van der Waals surface area (Å²) in [6.07, 6.45) is 5.89. The Hall–Kier alpha value is -2.96. The van der Waals surface area contributed by atoms with Crippen molar-refractivity contribution in [2.75, 3.05) is 31.2 Å². The molecule has 3 rings (SSSR count). The molecule has 0 radical (unpaired) electrons. The molecule has 6 heteroatoms. The molecule has 2 unspecified atom stereocenters. The normalized spacial score (nSPS) is 17.7. The summed E-state index contributed by atoms with van der Waals surface area (Å²) in [5.74, 6) is -1.15. The number of carbonyl (C=O) groups is 2. The summed E-state index contributed by atoms with van der Waals surface area (Å²) in [7, 11) is 0. The second-order valence-electron chi connectivity index (χ2n) is 7.98. The fourth-order valence-corrected chi connectivity index (χ4v) is 4.17. The van der Waals surface area contributed by atoms with Gasteiger partial charge in [0, 0.05) is 37.7 Å². The van der Waals surface area contributed by atoms with Gasteiger partial charge in [-0.05, 0) is 49.9 Å². The summed E-state index contributed by atoms with van der Waals surface area (Å²) in [6, 6.07) is 19.0. The molecule has 1 aliphatic carbocycles. The Labute approximate surface area is 189 Å². The van der Waals surface area contributed by atoms with Crippen molar-refractivity contribution < 1.29 is 19.8 Å². The Morgan fingerprint density at radius 1 is 0.719 bits per heavy atom. The Morgan fingerprint density at radius 3 is 1.59 bits per heavy atom. The highest BCUT2D eigenvalue weighted by Crippen LogP contribution is 2.34. The van der Waals surface area contributed by atoms with Gasteiger partial charge in [-0.2, -0.15) is 0 Å². The van der Waals surface area contributed by atoms with Crippen LogP contribution in [0.5, 0.6) is 0 Å². The van der Waals surface area contributed by atoms with E-state index in [0.717, 1.165) is 11.4 Å². The first-order valence-corrected chi connectivity index (χ1v) is 11.3. The van der Waals surface area contributed by atoms with Crippen molar-refractivity contribution in [3.63, 3.8) is 0 Å². The fourth-order valence-electron chi connectivity index (χ4n) is 4.17. The third-order valence-electron chi connectivity index (χ3n) is 5.80. The second kappa shape index (κ2) is 12.2. The van der Waals surface area contributed by atoms with Crippen molar-refractivity contribution in [2.45, 2.75) is 25.7 Å². The maximum atomic E-state index is 13.9. The molecular formula is C26H32N2O4. The molecule has 0 bridgehead atoms. The molecule has 0 heterocycles. The van der Waals surface area contributed by atoms with E-state index in [1.807, 2.05) is 72.8 Å². The number of aliphatic hydroxyl groups excluding tert-OH is 2. The fraction of sp³-hybridized carbons (Fsp3) is 0.385. The number of benzene rings is 2. The van der Waals surface area contributed by atoms with Gasteiger partial charge in [-0.15, -0.1) is 0 Å². The summed E-state index contributed by atoms with van der Waals surface area (Å²) in [4.78, 5) is 30.8. The van der Waals surface area contributed by atoms with Crippen LogP contribution >= 0.6 is 0 Å². The van der Waals surface area contributed by atoms with Gasteiger partial charge in [-0.3, -0.25) is 14.5 Å². The van der Waals surface area contributed by atoms with Gasteiger partial charge in [0.15, 0.2) is 0 Å². The number of para-hydroxylation sites is 2. The van der Waals surface area contributed by atoms with Crippen LogP contribution in [0.4, 0.5) is 11.4 Å². The van der Waals surface area contributed by atoms with Crippen LogP contribution < -0.4 is 4.90 Å². The lowest BCUT2D eigenvalue weighted by Gasteiger charge is -2.35. The zero-order chi connectivity index (χ0) is 22.8. The summed E-state index contributed by atoms with van der Waals surface area (Å²) < 4.78 is 0. The number of rotatable bonds is 10. The molecule has 0 saturated heterocycles. The van der Waals surface area contributed by atoms with Gasteiger partial charge < -0.3 is 15.1 Å². The van der Waals surface area contributed by atoms with Crippen molar-refractivity contribution in [1.82, 2.24) is 4.90 Å². The number of aliphatic hydroxyl groups is 2. The van der Waals surface area contributed by atoms with Crippen LogP contribution in [0.25, 0.3) is 0 Å². The van der Waals surface area contributed by atoms with E-state index in [1.165, 1.54) is 0 Å². The van der Waals surface area contributed by atoms with E-state index in [1.54, 1.807) is 9.80 Å². The lowest BCUT2D eigenvalue weighted by molar-refractivity contribution is -0.141. The predicted molar refractivity (Wildman–Crippen MR) is 125 cm³/mol. The van der Waals surface area contributed by atoms with Crippen LogP contribution in [0.1, 0.15) is 25.7 Å². The molecule has 0 aliphatic heterocycles. The van der Waals surface area contributed by atoms with Crippen molar-refractivity contribution in [3.05, 3.63) is 72.8 Å². The first kappa shape index (κ1) is 23.7. The summed E-state index contributed by atoms with van der Waals surface area (Å²) >= 11 is 0. The lowest BCUT2D eigenvalue weighted by Crippen LogP contribution is -2.46. The van der Waals surface area contributed by atoms with Crippen molar-refractivity contribution in [3.8, 4) is 0 Å². The molecule has 1 aliphatic rings. The molecule has 0 aromatic heterocycles. The zero-order valence-electron chi connectivity index (χ0n) is 18.3. The molecule has 2 N–H and O–H groups in total. The maximum Gasteiger partial charge on any atom is 0.235 e. The monoisotopic (exact) mass is 436 g/mol. The minimum atomic E-state index is -0.487. The summed E-state index contributed by atoms with van der Waals surface area (Å²) in [6.45, 7) is 0.812. The Morgan fingerprint density at radius 2 is 1.16 bits per heavy atom. The molecule has 2 aromatic rings. The molecule has 0 fully saturated rings. The van der Waals surface area contributed by atoms with Crippen molar-refractivity contribution >= 4 is 23.2 Å². The highest BCUT2D eigenvalue weighted by atomic mass is 16.3. The van der Waals surface area contributed by atoms with Crippen LogP contribution in [0.2, 0.25) is 0 Å². The largest absolute Gasteiger partial charge is 0.396 e. The van der Waals surface area contributed by atoms with Gasteiger partial charge in [0.25, 0.3) is 0 Å². The standard InChI is InChI=1S/C26H32N2O4/c29-19-9-17-27(18-10-20-30)25(31)23-15-7-8-16-24(23)26(32)28(21-11-3-1-4-12-21)22-13-5-2-6-14-22/h1-8,11-14,23-24,29-30H,9-10,15-20H2. The Kier molecular flexibility index (Phi) is 9.01. The number of amides is 2. The highest BCUT2D eigenvalue weighted by molar-refractivity contribution is 6.03. The van der Waals surface area contributed by atoms with Gasteiger partial charge in [-0.25, -0.2) is 0 Å². The molecule has 6 nitrogen and oxygen atoms in total. The third kappa shape index (κ3) is 5.84. The van der Waals surface area contributed by atoms with E-state index in [4.69, 9.17) is 0 Å². The minimum absolute atomic E-state index is 0.00831. The van der Waals surface area contributed by atoms with E-state index < -0.39 is 11.8 Å². The maximum absolute atomic E-state index is 13.9. The number of carbonyl (C=O) groups excluding carboxylic acids is 2. The van der Waals surface area contributed by atoms with Crippen LogP contribution in [0.15, 0.2) is 72.8 Å². The lowest BCUT2D eigenvalue weighted by atomic mass is 9.80. The Balaban J connectivity index is 1.90. The molecular weight excluding hydrogens is 404 g/mol. The number of hydrogen-bond acceptors (Lipinski definition) is 4. The molecule has 2 atom stereocenters. The van der Waals surface area contributed by atoms with E-state index in [2.05, 4.69) is 0 Å². The van der Waals surface area contributed by atoms with Gasteiger partial charge >= 0.3 is 0 Å². The SMILES string of the molecule is O=C(C1CC=CCC1C(=O)N(c1ccccc1)c1ccccc1)N(CCCO)CCCO. The van der Waals surface area contributed by atoms with Gasteiger partial charge in [0.2, 0.25) is 11.8 Å². The zero-order valence-corrected chi connectivity index (χ0v) is 18.3. The topological polar surface area (TPSA) is 81.1 Å². The molecule has 2 aromatic carbocycles. The van der Waals surface area contributed by atoms with E-state index in [9.17, 15) is 19.8 Å². The first-order valence-electron chi connectivity index (χ1n) is 11.3. The molecule has 2 amide bonds. The molecule has 0 spiro atoms. The van der Waals surface area contributed by atoms with Crippen LogP contribution in [0, 0.1) is 11.8 Å². The van der Waals surface area contributed by atoms with Gasteiger partial charge in [-0.1, -0.05) is 48.6 Å². The van der Waals surface area contributed by atoms with Gasteiger partial charge in [0.1, 0.15) is 0 Å². The Bertz CT molecular complexity index is 838. The van der Waals surface area contributed by atoms with Crippen LogP contribution in [0.3, 0.4) is 0 Å². The van der Waals surface area contributed by atoms with E-state index >= 15 is 0 Å². The number of allylic oxidation sites excluding steroid dienone is 2. The van der Waals surface area contributed by atoms with Crippen LogP contribution in [-0.4, -0.2) is 53.2 Å². The average molecular weight is 437 g/mol. The minimum Gasteiger partial charge on any atom is -0.396 e. The highest BCUT2D eigenvalue weighted by Gasteiger charge is 2.39. The average Bonchev–Trinajstić information content (AvgIpc) is 2.85. The van der Waals surface area contributed by atoms with Crippen LogP contribution in [-0.2, 0) is 9.59 Å².